The topological polar surface area (TPSA) is 108 Å². The summed E-state index contributed by atoms with van der Waals surface area (Å²) in [6.45, 7) is 0. The van der Waals surface area contributed by atoms with E-state index in [0.29, 0.717) is 0 Å². The second-order valence-electron chi connectivity index (χ2n) is 8.49. The zero-order valence-corrected chi connectivity index (χ0v) is 26.2. The highest BCUT2D eigenvalue weighted by Crippen LogP contribution is 2.06. The Morgan fingerprint density at radius 1 is 0.318 bits per heavy atom. The molecule has 0 aliphatic carbocycles. The molecule has 0 spiro atoms. The fourth-order valence-electron chi connectivity index (χ4n) is 3.82. The lowest BCUT2D eigenvalue weighted by Gasteiger charge is -1.87. The van der Waals surface area contributed by atoms with Gasteiger partial charge in [-0.1, -0.05) is 0 Å². The summed E-state index contributed by atoms with van der Waals surface area (Å²) in [6, 6.07) is 23.6. The number of nitrogens with zero attached hydrogens (tertiary/aromatic N) is 4. The summed E-state index contributed by atoms with van der Waals surface area (Å²) in [5.41, 5.74) is 4.12. The van der Waals surface area contributed by atoms with E-state index in [1.54, 1.807) is 24.8 Å². The van der Waals surface area contributed by atoms with Crippen LogP contribution in [0.3, 0.4) is 0 Å². The van der Waals surface area contributed by atoms with Crippen molar-refractivity contribution in [1.82, 2.24) is 19.9 Å². The number of hydrogen-bond donors (Lipinski definition) is 0. The van der Waals surface area contributed by atoms with Gasteiger partial charge in [-0.15, -0.1) is 0 Å². The van der Waals surface area contributed by atoms with E-state index in [4.69, 9.17) is 0 Å². The van der Waals surface area contributed by atoms with Gasteiger partial charge < -0.3 is 49.6 Å². The molecule has 224 valence electrons. The van der Waals surface area contributed by atoms with Crippen molar-refractivity contribution in [3.63, 3.8) is 0 Å². The van der Waals surface area contributed by atoms with Crippen molar-refractivity contribution in [2.45, 2.75) is 0 Å². The number of aromatic amines is 4. The van der Waals surface area contributed by atoms with Gasteiger partial charge in [0.1, 0.15) is 0 Å². The van der Waals surface area contributed by atoms with Crippen molar-refractivity contribution >= 4 is 43.6 Å². The smallest absolute Gasteiger partial charge is 0.176 e. The first-order valence-electron chi connectivity index (χ1n) is 12.7. The minimum atomic E-state index is 0. The van der Waals surface area contributed by atoms with Gasteiger partial charge >= 0.3 is 0 Å². The number of aromatic nitrogens is 8. The molecule has 8 aromatic heterocycles. The molecule has 0 unspecified atom stereocenters. The van der Waals surface area contributed by atoms with Crippen LogP contribution in [0, 0.1) is 0 Å². The van der Waals surface area contributed by atoms with E-state index in [1.165, 1.54) is 0 Å². The minimum Gasteiger partial charge on any atom is -1.00 e. The highest BCUT2D eigenvalue weighted by molar-refractivity contribution is 5.77. The molecule has 0 atom stereocenters. The lowest BCUT2D eigenvalue weighted by molar-refractivity contribution is -0.376. The Kier molecular flexibility index (Phi) is 17.3. The highest BCUT2D eigenvalue weighted by atomic mass is 35.5. The van der Waals surface area contributed by atoms with E-state index < -0.39 is 0 Å². The van der Waals surface area contributed by atoms with Crippen LogP contribution >= 0.6 is 0 Å². The number of halogens is 4. The third kappa shape index (κ3) is 10.9. The van der Waals surface area contributed by atoms with Gasteiger partial charge in [-0.2, -0.15) is 0 Å². The molecule has 12 heteroatoms. The first-order valence-corrected chi connectivity index (χ1v) is 12.7. The third-order valence-electron chi connectivity index (χ3n) is 5.79. The number of pyridine rings is 8. The van der Waals surface area contributed by atoms with E-state index in [2.05, 4.69) is 39.9 Å². The second kappa shape index (κ2) is 20.3. The quantitative estimate of drug-likeness (QED) is 0.160. The lowest BCUT2D eigenvalue weighted by atomic mass is 10.3. The summed E-state index contributed by atoms with van der Waals surface area (Å²) in [7, 11) is 0. The van der Waals surface area contributed by atoms with Crippen LogP contribution in [0.2, 0.25) is 0 Å². The minimum absolute atomic E-state index is 0. The van der Waals surface area contributed by atoms with E-state index in [-0.39, 0.29) is 49.6 Å². The van der Waals surface area contributed by atoms with Crippen molar-refractivity contribution in [3.05, 3.63) is 147 Å². The molecule has 44 heavy (non-hydrogen) atoms. The SMILES string of the molecule is [Cl-].[Cl-].[Cl-].[Cl-].c1cnc2cc[nH+]cc2c1.c1cnc2cc[nH+]cc2c1.c1cnc2cc[nH+]cc2c1.c1cnc2cc[nH+]cc2c1. The predicted molar refractivity (Wildman–Crippen MR) is 153 cm³/mol. The Bertz CT molecular complexity index is 1420. The van der Waals surface area contributed by atoms with Crippen LogP contribution in [0.15, 0.2) is 147 Å². The van der Waals surface area contributed by atoms with Gasteiger partial charge in [-0.05, 0) is 48.5 Å². The van der Waals surface area contributed by atoms with Crippen molar-refractivity contribution in [3.8, 4) is 0 Å². The summed E-state index contributed by atoms with van der Waals surface area (Å²) >= 11 is 0. The Hall–Kier alpha value is -4.60. The summed E-state index contributed by atoms with van der Waals surface area (Å²) in [5, 5.41) is 4.57. The molecule has 0 fully saturated rings. The fraction of sp³-hybridized carbons (Fsp3) is 0. The molecule has 0 amide bonds. The number of hydrogen-bond acceptors (Lipinski definition) is 4. The van der Waals surface area contributed by atoms with Crippen LogP contribution in [-0.2, 0) is 0 Å². The molecule has 8 heterocycles. The van der Waals surface area contributed by atoms with Crippen LogP contribution in [0.4, 0.5) is 0 Å². The summed E-state index contributed by atoms with van der Waals surface area (Å²) in [4.78, 5) is 28.6. The van der Waals surface area contributed by atoms with E-state index in [1.807, 2.05) is 122 Å². The van der Waals surface area contributed by atoms with Crippen molar-refractivity contribution < 1.29 is 69.6 Å². The molecule has 8 aromatic rings. The zero-order chi connectivity index (χ0) is 27.2. The molecular formula is C32H28Cl4N8. The van der Waals surface area contributed by atoms with Crippen LogP contribution in [-0.4, -0.2) is 19.9 Å². The van der Waals surface area contributed by atoms with E-state index in [9.17, 15) is 0 Å². The molecule has 0 aromatic carbocycles. The van der Waals surface area contributed by atoms with E-state index in [0.717, 1.165) is 43.6 Å². The van der Waals surface area contributed by atoms with Gasteiger partial charge in [-0.25, -0.2) is 19.9 Å². The maximum atomic E-state index is 4.16. The maximum absolute atomic E-state index is 4.16. The summed E-state index contributed by atoms with van der Waals surface area (Å²) in [6.07, 6.45) is 22.4. The standard InChI is InChI=1S/4C8H6N2.4ClH/c4*1-2-7-6-9-5-3-8(7)10-4-1;;;;/h4*1-6H;4*1H. The van der Waals surface area contributed by atoms with Crippen LogP contribution in [0.25, 0.3) is 43.6 Å². The molecule has 0 saturated carbocycles. The van der Waals surface area contributed by atoms with Crippen molar-refractivity contribution in [1.29, 1.82) is 0 Å². The molecule has 0 bridgehead atoms. The molecule has 0 aliphatic rings. The van der Waals surface area contributed by atoms with Gasteiger partial charge in [0, 0.05) is 49.1 Å². The highest BCUT2D eigenvalue weighted by Gasteiger charge is 1.94. The lowest BCUT2D eigenvalue weighted by Crippen LogP contribution is -3.00. The first-order chi connectivity index (χ1) is 19.9. The summed E-state index contributed by atoms with van der Waals surface area (Å²) in [5.74, 6) is 0. The number of rotatable bonds is 0. The molecule has 8 nitrogen and oxygen atoms in total. The monoisotopic (exact) mass is 664 g/mol. The average molecular weight is 666 g/mol. The van der Waals surface area contributed by atoms with Crippen LogP contribution in [0.1, 0.15) is 0 Å². The second-order valence-corrected chi connectivity index (χ2v) is 8.49. The Morgan fingerprint density at radius 2 is 0.545 bits per heavy atom. The molecule has 4 N–H and O–H groups in total. The maximum Gasteiger partial charge on any atom is 0.176 e. The van der Waals surface area contributed by atoms with Gasteiger partial charge in [-0.3, -0.25) is 19.9 Å². The Morgan fingerprint density at radius 3 is 0.750 bits per heavy atom. The number of nitrogens with one attached hydrogen (secondary N) is 4. The number of H-pyrrole nitrogens is 4. The predicted octanol–water partition coefficient (Wildman–Crippen LogP) is -7.79. The molecule has 0 aliphatic heterocycles. The summed E-state index contributed by atoms with van der Waals surface area (Å²) < 4.78 is 0. The fourth-order valence-corrected chi connectivity index (χ4v) is 3.82. The first kappa shape index (κ1) is 37.4. The van der Waals surface area contributed by atoms with Gasteiger partial charge in [0.25, 0.3) is 0 Å². The van der Waals surface area contributed by atoms with Crippen molar-refractivity contribution in [2.75, 3.05) is 0 Å². The van der Waals surface area contributed by atoms with Gasteiger partial charge in [0.05, 0.1) is 43.6 Å². The van der Waals surface area contributed by atoms with Crippen LogP contribution in [0.5, 0.6) is 0 Å². The van der Waals surface area contributed by atoms with Crippen molar-refractivity contribution in [2.24, 2.45) is 0 Å². The van der Waals surface area contributed by atoms with Gasteiger partial charge in [0.15, 0.2) is 49.6 Å². The number of fused-ring (bicyclic) bond motifs is 4. The largest absolute Gasteiger partial charge is 1.00 e. The third-order valence-corrected chi connectivity index (χ3v) is 5.79. The van der Waals surface area contributed by atoms with Crippen LogP contribution < -0.4 is 69.6 Å². The molecule has 0 radical (unpaired) electrons. The Labute approximate surface area is 279 Å². The molecule has 0 saturated heterocycles. The normalized spacial score (nSPS) is 9.09. The molecule has 8 rings (SSSR count). The molecular weight excluding hydrogens is 638 g/mol. The zero-order valence-electron chi connectivity index (χ0n) is 23.2. The van der Waals surface area contributed by atoms with Gasteiger partial charge in [0.2, 0.25) is 0 Å². The Balaban J connectivity index is 0.000000285. The average Bonchev–Trinajstić information content (AvgIpc) is 3.06. The van der Waals surface area contributed by atoms with E-state index >= 15 is 0 Å².